The summed E-state index contributed by atoms with van der Waals surface area (Å²) in [6.07, 6.45) is -0.407. The molecule has 15 heavy (non-hydrogen) atoms. The Balaban J connectivity index is 0.000000423. The van der Waals surface area contributed by atoms with Gasteiger partial charge in [-0.15, -0.1) is 0 Å². The van der Waals surface area contributed by atoms with Crippen molar-refractivity contribution in [2.24, 2.45) is 0 Å². The Labute approximate surface area is 89.1 Å². The Bertz CT molecular complexity index is 265. The number of rotatable bonds is 3. The van der Waals surface area contributed by atoms with E-state index in [0.717, 1.165) is 12.7 Å². The number of aliphatic carboxylic acids is 1. The second-order valence-corrected chi connectivity index (χ2v) is 2.99. The van der Waals surface area contributed by atoms with E-state index in [9.17, 15) is 0 Å². The summed E-state index contributed by atoms with van der Waals surface area (Å²) in [5, 5.41) is 16.3. The predicted octanol–water partition coefficient (Wildman–Crippen LogP) is 1.54. The zero-order chi connectivity index (χ0) is 11.7. The van der Waals surface area contributed by atoms with Gasteiger partial charge in [-0.3, -0.25) is 4.79 Å². The lowest BCUT2D eigenvalue weighted by Crippen LogP contribution is -2.12. The van der Waals surface area contributed by atoms with Crippen LogP contribution in [0.25, 0.3) is 0 Å². The SMILES string of the molecule is CC(=O)O.CC(O)COc1ccccc1. The largest absolute Gasteiger partial charge is 0.491 e. The van der Waals surface area contributed by atoms with Crippen molar-refractivity contribution in [2.75, 3.05) is 6.61 Å². The summed E-state index contributed by atoms with van der Waals surface area (Å²) in [6.45, 7) is 3.13. The minimum atomic E-state index is -0.833. The molecule has 1 atom stereocenters. The van der Waals surface area contributed by atoms with Crippen LogP contribution < -0.4 is 4.74 Å². The number of aliphatic hydroxyl groups is 1. The average molecular weight is 212 g/mol. The molecule has 84 valence electrons. The topological polar surface area (TPSA) is 66.8 Å². The number of aliphatic hydroxyl groups excluding tert-OH is 1. The number of benzene rings is 1. The van der Waals surface area contributed by atoms with Crippen LogP contribution in [0.4, 0.5) is 0 Å². The van der Waals surface area contributed by atoms with Gasteiger partial charge >= 0.3 is 0 Å². The number of carboxylic acids is 1. The molecule has 0 spiro atoms. The molecule has 0 aliphatic carbocycles. The Morgan fingerprint density at radius 1 is 1.40 bits per heavy atom. The van der Waals surface area contributed by atoms with Crippen LogP contribution in [0.3, 0.4) is 0 Å². The van der Waals surface area contributed by atoms with Crippen molar-refractivity contribution >= 4 is 5.97 Å². The first-order chi connectivity index (χ1) is 7.02. The van der Waals surface area contributed by atoms with Crippen molar-refractivity contribution in [3.05, 3.63) is 30.3 Å². The van der Waals surface area contributed by atoms with E-state index in [-0.39, 0.29) is 0 Å². The minimum absolute atomic E-state index is 0.351. The fourth-order valence-corrected chi connectivity index (χ4v) is 0.734. The van der Waals surface area contributed by atoms with E-state index in [1.807, 2.05) is 30.3 Å². The number of hydrogen-bond donors (Lipinski definition) is 2. The Morgan fingerprint density at radius 2 is 1.87 bits per heavy atom. The van der Waals surface area contributed by atoms with Gasteiger partial charge < -0.3 is 14.9 Å². The van der Waals surface area contributed by atoms with Gasteiger partial charge in [0.2, 0.25) is 0 Å². The quantitative estimate of drug-likeness (QED) is 0.797. The van der Waals surface area contributed by atoms with Crippen LogP contribution in [0.2, 0.25) is 0 Å². The first-order valence-electron chi connectivity index (χ1n) is 4.58. The minimum Gasteiger partial charge on any atom is -0.491 e. The fourth-order valence-electron chi connectivity index (χ4n) is 0.734. The molecule has 0 heterocycles. The highest BCUT2D eigenvalue weighted by Crippen LogP contribution is 2.07. The Morgan fingerprint density at radius 3 is 2.27 bits per heavy atom. The molecule has 0 saturated carbocycles. The molecule has 2 N–H and O–H groups in total. The molecule has 0 aromatic heterocycles. The summed E-state index contributed by atoms with van der Waals surface area (Å²) in [5.74, 6) is -0.0339. The highest BCUT2D eigenvalue weighted by molar-refractivity contribution is 5.62. The molecule has 4 heteroatoms. The van der Waals surface area contributed by atoms with Crippen molar-refractivity contribution < 1.29 is 19.7 Å². The fraction of sp³-hybridized carbons (Fsp3) is 0.364. The summed E-state index contributed by atoms with van der Waals surface area (Å²) < 4.78 is 5.22. The third kappa shape index (κ3) is 10.4. The average Bonchev–Trinajstić information content (AvgIpc) is 2.15. The first-order valence-corrected chi connectivity index (χ1v) is 4.58. The number of carboxylic acid groups (broad SMARTS) is 1. The third-order valence-electron chi connectivity index (χ3n) is 1.23. The van der Waals surface area contributed by atoms with Gasteiger partial charge in [-0.25, -0.2) is 0 Å². The number of ether oxygens (including phenoxy) is 1. The van der Waals surface area contributed by atoms with Crippen LogP contribution >= 0.6 is 0 Å². The van der Waals surface area contributed by atoms with Crippen molar-refractivity contribution in [1.82, 2.24) is 0 Å². The molecule has 0 aliphatic heterocycles. The third-order valence-corrected chi connectivity index (χ3v) is 1.23. The van der Waals surface area contributed by atoms with Gasteiger partial charge in [0.15, 0.2) is 0 Å². The van der Waals surface area contributed by atoms with Gasteiger partial charge in [0.05, 0.1) is 6.10 Å². The second kappa shape index (κ2) is 7.82. The van der Waals surface area contributed by atoms with Crippen LogP contribution in [0, 0.1) is 0 Å². The van der Waals surface area contributed by atoms with Gasteiger partial charge in [0.1, 0.15) is 12.4 Å². The second-order valence-electron chi connectivity index (χ2n) is 2.99. The normalized spacial score (nSPS) is 10.9. The molecule has 4 nitrogen and oxygen atoms in total. The van der Waals surface area contributed by atoms with Crippen molar-refractivity contribution in [3.63, 3.8) is 0 Å². The molecule has 0 aliphatic rings. The van der Waals surface area contributed by atoms with Crippen molar-refractivity contribution in [3.8, 4) is 5.75 Å². The van der Waals surface area contributed by atoms with Crippen molar-refractivity contribution in [1.29, 1.82) is 0 Å². The molecule has 0 fully saturated rings. The summed E-state index contributed by atoms with van der Waals surface area (Å²) in [6, 6.07) is 9.45. The van der Waals surface area contributed by atoms with E-state index in [4.69, 9.17) is 19.7 Å². The van der Waals surface area contributed by atoms with Gasteiger partial charge in [0, 0.05) is 6.92 Å². The summed E-state index contributed by atoms with van der Waals surface area (Å²) in [4.78, 5) is 9.00. The van der Waals surface area contributed by atoms with Gasteiger partial charge in [-0.05, 0) is 19.1 Å². The lowest BCUT2D eigenvalue weighted by molar-refractivity contribution is -0.134. The zero-order valence-electron chi connectivity index (χ0n) is 8.88. The van der Waals surface area contributed by atoms with Crippen LogP contribution in [-0.4, -0.2) is 28.9 Å². The van der Waals surface area contributed by atoms with Crippen LogP contribution in [-0.2, 0) is 4.79 Å². The summed E-state index contributed by atoms with van der Waals surface area (Å²) >= 11 is 0. The molecule has 1 rings (SSSR count). The number of carbonyl (C=O) groups is 1. The molecular weight excluding hydrogens is 196 g/mol. The maximum absolute atomic E-state index is 9.00. The van der Waals surface area contributed by atoms with Gasteiger partial charge in [-0.1, -0.05) is 18.2 Å². The van der Waals surface area contributed by atoms with E-state index >= 15 is 0 Å². The molecule has 0 amide bonds. The van der Waals surface area contributed by atoms with E-state index in [1.165, 1.54) is 0 Å². The smallest absolute Gasteiger partial charge is 0.300 e. The molecule has 1 aromatic rings. The van der Waals surface area contributed by atoms with E-state index in [1.54, 1.807) is 6.92 Å². The lowest BCUT2D eigenvalue weighted by atomic mass is 10.3. The maximum Gasteiger partial charge on any atom is 0.300 e. The van der Waals surface area contributed by atoms with Crippen LogP contribution in [0.5, 0.6) is 5.75 Å². The van der Waals surface area contributed by atoms with Crippen molar-refractivity contribution in [2.45, 2.75) is 20.0 Å². The predicted molar refractivity (Wildman–Crippen MR) is 56.9 cm³/mol. The summed E-state index contributed by atoms with van der Waals surface area (Å²) in [5.41, 5.74) is 0. The van der Waals surface area contributed by atoms with E-state index in [0.29, 0.717) is 6.61 Å². The van der Waals surface area contributed by atoms with E-state index < -0.39 is 12.1 Å². The first kappa shape index (κ1) is 13.4. The van der Waals surface area contributed by atoms with Gasteiger partial charge in [-0.2, -0.15) is 0 Å². The Kier molecular flexibility index (Phi) is 7.01. The lowest BCUT2D eigenvalue weighted by Gasteiger charge is -2.06. The molecular formula is C11H16O4. The zero-order valence-corrected chi connectivity index (χ0v) is 8.88. The molecule has 0 bridgehead atoms. The molecule has 0 saturated heterocycles. The van der Waals surface area contributed by atoms with Crippen LogP contribution in [0.15, 0.2) is 30.3 Å². The molecule has 0 radical (unpaired) electrons. The monoisotopic (exact) mass is 212 g/mol. The van der Waals surface area contributed by atoms with Gasteiger partial charge in [0.25, 0.3) is 5.97 Å². The summed E-state index contributed by atoms with van der Waals surface area (Å²) in [7, 11) is 0. The number of hydrogen-bond acceptors (Lipinski definition) is 3. The molecule has 1 aromatic carbocycles. The standard InChI is InChI=1S/C9H12O2.C2H4O2/c1-8(10)7-11-9-5-3-2-4-6-9;1-2(3)4/h2-6,8,10H,7H2,1H3;1H3,(H,3,4). The Hall–Kier alpha value is -1.55. The van der Waals surface area contributed by atoms with Crippen LogP contribution in [0.1, 0.15) is 13.8 Å². The highest BCUT2D eigenvalue weighted by Gasteiger charge is 1.95. The molecule has 1 unspecified atom stereocenters. The highest BCUT2D eigenvalue weighted by atomic mass is 16.5. The van der Waals surface area contributed by atoms with E-state index in [2.05, 4.69) is 0 Å². The number of para-hydroxylation sites is 1. The maximum atomic E-state index is 9.00.